The van der Waals surface area contributed by atoms with Gasteiger partial charge in [0.05, 0.1) is 0 Å². The third-order valence-corrected chi connectivity index (χ3v) is 5.16. The summed E-state index contributed by atoms with van der Waals surface area (Å²) >= 11 is 0. The van der Waals surface area contributed by atoms with E-state index in [9.17, 15) is 0 Å². The normalized spacial score (nSPS) is 20.3. The van der Waals surface area contributed by atoms with Crippen LogP contribution in [0.25, 0.3) is 0 Å². The van der Waals surface area contributed by atoms with E-state index in [1.807, 2.05) is 7.05 Å². The van der Waals surface area contributed by atoms with Gasteiger partial charge in [0.2, 0.25) is 0 Å². The summed E-state index contributed by atoms with van der Waals surface area (Å²) in [7, 11) is 1.87. The van der Waals surface area contributed by atoms with Crippen molar-refractivity contribution in [2.45, 2.75) is 65.5 Å². The van der Waals surface area contributed by atoms with Gasteiger partial charge in [-0.3, -0.25) is 9.89 Å². The molecule has 0 aliphatic heterocycles. The molecule has 0 aromatic carbocycles. The number of hydrogen-bond donors (Lipinski definition) is 2. The number of halogens is 1. The van der Waals surface area contributed by atoms with Crippen LogP contribution >= 0.6 is 24.0 Å². The summed E-state index contributed by atoms with van der Waals surface area (Å²) in [6.07, 6.45) is 5.73. The lowest BCUT2D eigenvalue weighted by Crippen LogP contribution is -2.46. The molecule has 2 N–H and O–H groups in total. The minimum atomic E-state index is 0. The lowest BCUT2D eigenvalue weighted by molar-refractivity contribution is 0.178. The van der Waals surface area contributed by atoms with E-state index in [1.54, 1.807) is 0 Å². The van der Waals surface area contributed by atoms with Crippen LogP contribution in [0.5, 0.6) is 0 Å². The molecule has 0 aromatic heterocycles. The monoisotopic (exact) mass is 422 g/mol. The van der Waals surface area contributed by atoms with Crippen LogP contribution in [0.4, 0.5) is 0 Å². The van der Waals surface area contributed by atoms with Gasteiger partial charge >= 0.3 is 0 Å². The molecule has 0 amide bonds. The van der Waals surface area contributed by atoms with Gasteiger partial charge in [-0.2, -0.15) is 0 Å². The molecule has 0 heterocycles. The molecule has 130 valence electrons. The van der Waals surface area contributed by atoms with Crippen molar-refractivity contribution in [3.63, 3.8) is 0 Å². The molecular formula is C17H35IN4. The first-order valence-electron chi connectivity index (χ1n) is 8.69. The molecule has 0 aromatic rings. The Kier molecular flexibility index (Phi) is 7.92. The first kappa shape index (κ1) is 20.0. The zero-order valence-electron chi connectivity index (χ0n) is 15.0. The molecule has 2 saturated carbocycles. The average Bonchev–Trinajstić information content (AvgIpc) is 3.28. The topological polar surface area (TPSA) is 39.7 Å². The minimum Gasteiger partial charge on any atom is -0.356 e. The smallest absolute Gasteiger partial charge is 0.191 e. The maximum absolute atomic E-state index is 4.36. The molecule has 2 aliphatic carbocycles. The summed E-state index contributed by atoms with van der Waals surface area (Å²) in [6, 6.07) is 1.18. The van der Waals surface area contributed by atoms with E-state index >= 15 is 0 Å². The van der Waals surface area contributed by atoms with Crippen molar-refractivity contribution < 1.29 is 0 Å². The van der Waals surface area contributed by atoms with Crippen LogP contribution in [0.15, 0.2) is 4.99 Å². The molecule has 0 atom stereocenters. The minimum absolute atomic E-state index is 0. The zero-order valence-corrected chi connectivity index (χ0v) is 17.3. The molecule has 2 rings (SSSR count). The number of aliphatic imine (C=N–C) groups is 1. The highest BCUT2D eigenvalue weighted by molar-refractivity contribution is 14.0. The van der Waals surface area contributed by atoms with Crippen molar-refractivity contribution in [1.29, 1.82) is 0 Å². The third-order valence-electron chi connectivity index (χ3n) is 5.16. The lowest BCUT2D eigenvalue weighted by atomic mass is 10.0. The molecule has 2 fully saturated rings. The van der Waals surface area contributed by atoms with Crippen LogP contribution in [-0.4, -0.2) is 49.6 Å². The van der Waals surface area contributed by atoms with Crippen molar-refractivity contribution in [2.75, 3.05) is 26.7 Å². The van der Waals surface area contributed by atoms with Crippen LogP contribution in [0, 0.1) is 11.3 Å². The van der Waals surface area contributed by atoms with Gasteiger partial charge in [0.25, 0.3) is 0 Å². The third kappa shape index (κ3) is 5.55. The van der Waals surface area contributed by atoms with E-state index in [-0.39, 0.29) is 24.0 Å². The maximum Gasteiger partial charge on any atom is 0.191 e. The fourth-order valence-electron chi connectivity index (χ4n) is 3.48. The number of rotatable bonds is 8. The zero-order chi connectivity index (χ0) is 15.5. The van der Waals surface area contributed by atoms with Crippen molar-refractivity contribution in [2.24, 2.45) is 16.3 Å². The SMILES string of the molecule is CN=C(NCCN(C(C)C)C(C)C)NCC1(C2CC2)CC1.I. The average molecular weight is 422 g/mol. The molecule has 4 nitrogen and oxygen atoms in total. The second kappa shape index (κ2) is 8.71. The van der Waals surface area contributed by atoms with Gasteiger partial charge < -0.3 is 10.6 Å². The van der Waals surface area contributed by atoms with Gasteiger partial charge in [-0.25, -0.2) is 0 Å². The van der Waals surface area contributed by atoms with Crippen molar-refractivity contribution >= 4 is 29.9 Å². The van der Waals surface area contributed by atoms with E-state index < -0.39 is 0 Å². The largest absolute Gasteiger partial charge is 0.356 e. The Morgan fingerprint density at radius 3 is 2.14 bits per heavy atom. The molecule has 22 heavy (non-hydrogen) atoms. The van der Waals surface area contributed by atoms with Crippen LogP contribution in [-0.2, 0) is 0 Å². The Morgan fingerprint density at radius 2 is 1.73 bits per heavy atom. The number of nitrogens with zero attached hydrogens (tertiary/aromatic N) is 2. The molecule has 0 spiro atoms. The van der Waals surface area contributed by atoms with Crippen LogP contribution in [0.1, 0.15) is 53.4 Å². The highest BCUT2D eigenvalue weighted by Gasteiger charge is 2.53. The fourth-order valence-corrected chi connectivity index (χ4v) is 3.48. The lowest BCUT2D eigenvalue weighted by Gasteiger charge is -2.30. The number of nitrogens with one attached hydrogen (secondary N) is 2. The van der Waals surface area contributed by atoms with E-state index in [0.717, 1.165) is 31.5 Å². The second-order valence-corrected chi connectivity index (χ2v) is 7.41. The van der Waals surface area contributed by atoms with Crippen molar-refractivity contribution in [1.82, 2.24) is 15.5 Å². The summed E-state index contributed by atoms with van der Waals surface area (Å²) in [6.45, 7) is 12.2. The summed E-state index contributed by atoms with van der Waals surface area (Å²) < 4.78 is 0. The van der Waals surface area contributed by atoms with E-state index in [0.29, 0.717) is 17.5 Å². The molecule has 0 radical (unpaired) electrons. The van der Waals surface area contributed by atoms with Crippen molar-refractivity contribution in [3.8, 4) is 0 Å². The van der Waals surface area contributed by atoms with Gasteiger partial charge in [-0.15, -0.1) is 24.0 Å². The number of hydrogen-bond acceptors (Lipinski definition) is 2. The molecule has 0 bridgehead atoms. The Hall–Kier alpha value is -0.0400. The molecule has 5 heteroatoms. The molecular weight excluding hydrogens is 387 g/mol. The highest BCUT2D eigenvalue weighted by atomic mass is 127. The van der Waals surface area contributed by atoms with Crippen LogP contribution in [0.3, 0.4) is 0 Å². The summed E-state index contributed by atoms with van der Waals surface area (Å²) in [5.74, 6) is 1.97. The Morgan fingerprint density at radius 1 is 1.14 bits per heavy atom. The first-order valence-corrected chi connectivity index (χ1v) is 8.69. The fraction of sp³-hybridized carbons (Fsp3) is 0.941. The van der Waals surface area contributed by atoms with Gasteiger partial charge in [0.1, 0.15) is 0 Å². The Bertz CT molecular complexity index is 352. The highest BCUT2D eigenvalue weighted by Crippen LogP contribution is 2.60. The van der Waals surface area contributed by atoms with Gasteiger partial charge in [0, 0.05) is 38.8 Å². The van der Waals surface area contributed by atoms with Gasteiger partial charge in [-0.1, -0.05) is 0 Å². The maximum atomic E-state index is 4.36. The quantitative estimate of drug-likeness (QED) is 0.359. The van der Waals surface area contributed by atoms with E-state index in [2.05, 4.69) is 48.2 Å². The standard InChI is InChI=1S/C17H34N4.HI/c1-13(2)21(14(3)4)11-10-19-16(18-5)20-12-17(8-9-17)15-6-7-15;/h13-15H,6-12H2,1-5H3,(H2,18,19,20);1H. The summed E-state index contributed by atoms with van der Waals surface area (Å²) in [5, 5.41) is 7.01. The van der Waals surface area contributed by atoms with E-state index in [4.69, 9.17) is 0 Å². The van der Waals surface area contributed by atoms with Gasteiger partial charge in [0.15, 0.2) is 5.96 Å². The number of guanidine groups is 1. The predicted octanol–water partition coefficient (Wildman–Crippen LogP) is 3.08. The van der Waals surface area contributed by atoms with Crippen LogP contribution < -0.4 is 10.6 Å². The predicted molar refractivity (Wildman–Crippen MR) is 106 cm³/mol. The van der Waals surface area contributed by atoms with Gasteiger partial charge in [-0.05, 0) is 64.7 Å². The Labute approximate surface area is 153 Å². The molecule has 0 saturated heterocycles. The summed E-state index contributed by atoms with van der Waals surface area (Å²) in [4.78, 5) is 6.87. The molecule has 0 unspecified atom stereocenters. The first-order chi connectivity index (χ1) is 9.98. The molecule has 2 aliphatic rings. The van der Waals surface area contributed by atoms with Crippen molar-refractivity contribution in [3.05, 3.63) is 0 Å². The Balaban J connectivity index is 0.00000242. The van der Waals surface area contributed by atoms with E-state index in [1.165, 1.54) is 25.7 Å². The van der Waals surface area contributed by atoms with Crippen LogP contribution in [0.2, 0.25) is 0 Å². The summed E-state index contributed by atoms with van der Waals surface area (Å²) in [5.41, 5.74) is 0.625. The second-order valence-electron chi connectivity index (χ2n) is 7.41.